The molecular weight excluding hydrogens is 261 g/mol. The van der Waals surface area contributed by atoms with Crippen LogP contribution >= 0.6 is 17.1 Å². The highest BCUT2D eigenvalue weighted by atomic mass is 35.5. The Morgan fingerprint density at radius 3 is 2.00 bits per heavy atom. The summed E-state index contributed by atoms with van der Waals surface area (Å²) in [7, 11) is 0. The second-order valence-electron chi connectivity index (χ2n) is 2.19. The molecular formula is C7H17ClNO2PS2. The molecule has 0 aliphatic carbocycles. The number of halogens is 1. The van der Waals surface area contributed by atoms with Gasteiger partial charge in [-0.2, -0.15) is 0 Å². The van der Waals surface area contributed by atoms with Crippen LogP contribution in [0.15, 0.2) is 0 Å². The predicted molar refractivity (Wildman–Crippen MR) is 62.4 cm³/mol. The molecule has 0 aromatic rings. The van der Waals surface area contributed by atoms with Crippen LogP contribution in [0.4, 0.5) is 0 Å². The van der Waals surface area contributed by atoms with Gasteiger partial charge in [0.2, 0.25) is 5.04 Å². The number of hydrogen-bond donors (Lipinski definition) is 1. The Hall–Kier alpha value is 0.880. The average Bonchev–Trinajstić information content (AvgIpc) is 2.04. The normalized spacial score (nSPS) is 10.8. The summed E-state index contributed by atoms with van der Waals surface area (Å²) in [6, 6.07) is 0. The van der Waals surface area contributed by atoms with E-state index in [1.807, 2.05) is 20.8 Å². The van der Waals surface area contributed by atoms with Crippen LogP contribution in [0.3, 0.4) is 0 Å². The second-order valence-corrected chi connectivity index (χ2v) is 8.44. The van der Waals surface area contributed by atoms with Crippen molar-refractivity contribution in [1.29, 1.82) is 0 Å². The zero-order valence-corrected chi connectivity index (χ0v) is 11.9. The molecule has 0 aliphatic rings. The first-order chi connectivity index (χ1) is 6.08. The largest absolute Gasteiger partial charge is 1.00 e. The van der Waals surface area contributed by atoms with Crippen molar-refractivity contribution in [3.63, 3.8) is 0 Å². The fourth-order valence-corrected chi connectivity index (χ4v) is 5.53. The lowest BCUT2D eigenvalue weighted by Gasteiger charge is -2.17. The molecule has 86 valence electrons. The average molecular weight is 278 g/mol. The van der Waals surface area contributed by atoms with E-state index in [2.05, 4.69) is 0 Å². The van der Waals surface area contributed by atoms with Gasteiger partial charge >= 0.3 is 0 Å². The van der Waals surface area contributed by atoms with Gasteiger partial charge in [0.1, 0.15) is 0 Å². The van der Waals surface area contributed by atoms with Crippen LogP contribution in [0.25, 0.3) is 0 Å². The molecule has 0 unspecified atom stereocenters. The molecule has 14 heavy (non-hydrogen) atoms. The lowest BCUT2D eigenvalue weighted by atomic mass is 10.5. The number of hydrogen-bond acceptors (Lipinski definition) is 4. The van der Waals surface area contributed by atoms with E-state index in [0.717, 1.165) is 11.5 Å². The van der Waals surface area contributed by atoms with Gasteiger partial charge in [-0.3, -0.25) is 5.41 Å². The molecule has 0 atom stereocenters. The first-order valence-electron chi connectivity index (χ1n) is 4.28. The second kappa shape index (κ2) is 9.13. The fourth-order valence-electron chi connectivity index (χ4n) is 0.614. The summed E-state index contributed by atoms with van der Waals surface area (Å²) in [6.45, 7) is 6.94. The highest BCUT2D eigenvalue weighted by molar-refractivity contribution is 8.73. The van der Waals surface area contributed by atoms with E-state index in [0.29, 0.717) is 13.2 Å². The van der Waals surface area contributed by atoms with Crippen molar-refractivity contribution in [1.82, 2.24) is 0 Å². The molecule has 3 nitrogen and oxygen atoms in total. The Morgan fingerprint density at radius 1 is 1.29 bits per heavy atom. The maximum absolute atomic E-state index is 5.70. The number of rotatable bonds is 6. The van der Waals surface area contributed by atoms with Crippen molar-refractivity contribution in [3.8, 4) is 0 Å². The molecule has 0 bridgehead atoms. The summed E-state index contributed by atoms with van der Waals surface area (Å²) < 4.78 is 10.8. The first kappa shape index (κ1) is 17.3. The highest BCUT2D eigenvalue weighted by Gasteiger charge is 2.23. The zero-order valence-electron chi connectivity index (χ0n) is 8.66. The van der Waals surface area contributed by atoms with Crippen LogP contribution in [-0.2, 0) is 20.9 Å². The van der Waals surface area contributed by atoms with Crippen LogP contribution in [0.1, 0.15) is 27.2 Å². The minimum atomic E-state index is -2.20. The molecule has 0 spiro atoms. The molecule has 0 fully saturated rings. The Morgan fingerprint density at radius 2 is 1.71 bits per heavy atom. The van der Waals surface area contributed by atoms with Crippen molar-refractivity contribution < 1.29 is 26.9 Å². The van der Waals surface area contributed by atoms with Crippen LogP contribution in [0, 0.1) is 0 Å². The molecule has 0 amide bonds. The third kappa shape index (κ3) is 7.21. The summed E-state index contributed by atoms with van der Waals surface area (Å²) in [4.78, 5) is 0. The quantitative estimate of drug-likeness (QED) is 0.368. The van der Waals surface area contributed by atoms with Gasteiger partial charge in [0, 0.05) is 17.8 Å². The molecule has 0 rings (SSSR count). The highest BCUT2D eigenvalue weighted by Crippen LogP contribution is 2.61. The van der Waals surface area contributed by atoms with Crippen LogP contribution in [0.5, 0.6) is 0 Å². The van der Waals surface area contributed by atoms with Gasteiger partial charge in [-0.25, -0.2) is 0 Å². The minimum absolute atomic E-state index is 0. The molecule has 7 heteroatoms. The predicted octanol–water partition coefficient (Wildman–Crippen LogP) is -1.41. The van der Waals surface area contributed by atoms with Crippen molar-refractivity contribution in [2.75, 3.05) is 13.2 Å². The Balaban J connectivity index is 0. The summed E-state index contributed by atoms with van der Waals surface area (Å²) >= 11 is 6.64. The Labute approximate surface area is 101 Å². The van der Waals surface area contributed by atoms with Crippen molar-refractivity contribution >= 4 is 33.9 Å². The molecule has 0 aromatic carbocycles. The molecule has 0 aliphatic heterocycles. The summed E-state index contributed by atoms with van der Waals surface area (Å²) in [5, 5.41) is 6.48. The monoisotopic (exact) mass is 277 g/mol. The third-order valence-corrected chi connectivity index (χ3v) is 6.36. The first-order valence-corrected chi connectivity index (χ1v) is 8.34. The van der Waals surface area contributed by atoms with Gasteiger partial charge in [0.15, 0.2) is 0 Å². The molecule has 0 saturated carbocycles. The molecule has 0 aromatic heterocycles. The smallest absolute Gasteiger partial charge is 0.257 e. The minimum Gasteiger partial charge on any atom is -1.00 e. The maximum Gasteiger partial charge on any atom is 0.257 e. The van der Waals surface area contributed by atoms with Crippen molar-refractivity contribution in [2.45, 2.75) is 27.2 Å². The lowest BCUT2D eigenvalue weighted by molar-refractivity contribution is -0.110. The van der Waals surface area contributed by atoms with E-state index in [1.54, 1.807) is 0 Å². The Kier molecular flexibility index (Phi) is 11.3. The molecule has 0 radical (unpaired) electrons. The van der Waals surface area contributed by atoms with E-state index < -0.39 is 5.69 Å². The summed E-state index contributed by atoms with van der Waals surface area (Å²) in [5.41, 5.74) is -2.20. The molecule has 0 saturated heterocycles. The van der Waals surface area contributed by atoms with Crippen LogP contribution in [-0.4, -0.2) is 18.3 Å². The topological polar surface area (TPSA) is 44.0 Å². The fraction of sp³-hybridized carbons (Fsp3) is 0.857. The van der Waals surface area contributed by atoms with E-state index in [4.69, 9.17) is 26.3 Å². The van der Waals surface area contributed by atoms with E-state index in [1.165, 1.54) is 11.4 Å². The molecule has 2 N–H and O–H groups in total. The van der Waals surface area contributed by atoms with E-state index >= 15 is 0 Å². The van der Waals surface area contributed by atoms with Crippen molar-refractivity contribution in [2.24, 2.45) is 0 Å². The van der Waals surface area contributed by atoms with E-state index in [9.17, 15) is 0 Å². The van der Waals surface area contributed by atoms with Crippen LogP contribution < -0.4 is 17.8 Å². The SMILES string of the molecule is CCOP(=S)(OCC)SC(=[NH2+])CC.[Cl-]. The van der Waals surface area contributed by atoms with Crippen molar-refractivity contribution in [3.05, 3.63) is 0 Å². The summed E-state index contributed by atoms with van der Waals surface area (Å²) in [5.74, 6) is 0. The molecule has 0 heterocycles. The maximum atomic E-state index is 5.70. The van der Waals surface area contributed by atoms with Gasteiger partial charge in [-0.1, -0.05) is 6.92 Å². The lowest BCUT2D eigenvalue weighted by Crippen LogP contribution is -3.00. The van der Waals surface area contributed by atoms with Gasteiger partial charge in [0.05, 0.1) is 13.2 Å². The van der Waals surface area contributed by atoms with Gasteiger partial charge in [-0.05, 0) is 25.7 Å². The van der Waals surface area contributed by atoms with Crippen LogP contribution in [0.2, 0.25) is 0 Å². The van der Waals surface area contributed by atoms with Gasteiger partial charge < -0.3 is 21.5 Å². The standard InChI is InChI=1S/C7H16NO2PS2.ClH/c1-4-7(8)13-11(12,9-5-2)10-6-3;/h8H,4-6H2,1-3H3;1H. The summed E-state index contributed by atoms with van der Waals surface area (Å²) in [6.07, 6.45) is 0.795. The van der Waals surface area contributed by atoms with E-state index in [-0.39, 0.29) is 12.4 Å². The van der Waals surface area contributed by atoms with Gasteiger partial charge in [0.25, 0.3) is 5.69 Å². The third-order valence-electron chi connectivity index (χ3n) is 1.15. The Bertz CT molecular complexity index is 206. The zero-order chi connectivity index (χ0) is 10.3. The number of nitrogens with two attached hydrogens (primary N) is 1. The van der Waals surface area contributed by atoms with Gasteiger partial charge in [-0.15, -0.1) is 0 Å².